The Morgan fingerprint density at radius 2 is 1.56 bits per heavy atom. The van der Waals surface area contributed by atoms with Crippen LogP contribution in [0.3, 0.4) is 0 Å². The second-order valence-corrected chi connectivity index (χ2v) is 5.40. The summed E-state index contributed by atoms with van der Waals surface area (Å²) in [4.78, 5) is -0.617. The molecule has 2 aromatic rings. The molecule has 0 saturated carbocycles. The predicted octanol–water partition coefficient (Wildman–Crippen LogP) is 5.76. The largest absolute Gasteiger partial charge is 0.207 e. The van der Waals surface area contributed by atoms with E-state index in [1.807, 2.05) is 0 Å². The van der Waals surface area contributed by atoms with E-state index in [9.17, 15) is 8.78 Å². The highest BCUT2D eigenvalue weighted by Crippen LogP contribution is 2.36. The summed E-state index contributed by atoms with van der Waals surface area (Å²) in [6.45, 7) is 0. The predicted molar refractivity (Wildman–Crippen MR) is 73.6 cm³/mol. The van der Waals surface area contributed by atoms with E-state index in [4.69, 9.17) is 23.2 Å². The van der Waals surface area contributed by atoms with Gasteiger partial charge in [0.1, 0.15) is 11.6 Å². The van der Waals surface area contributed by atoms with Crippen LogP contribution in [0.2, 0.25) is 10.0 Å². The molecular formula is C13H7BrCl2F2. The van der Waals surface area contributed by atoms with Crippen LogP contribution in [0.25, 0.3) is 0 Å². The number of hydrogen-bond donors (Lipinski definition) is 0. The third-order valence-corrected chi connectivity index (χ3v) is 4.22. The molecule has 0 heterocycles. The highest BCUT2D eigenvalue weighted by molar-refractivity contribution is 9.09. The lowest BCUT2D eigenvalue weighted by molar-refractivity contribution is 0.561. The van der Waals surface area contributed by atoms with Gasteiger partial charge >= 0.3 is 0 Å². The standard InChI is InChI=1S/C13H7BrCl2F2/c14-13(7-4-5-8(15)9(16)6-7)12-10(17)2-1-3-11(12)18/h1-6,13H. The minimum absolute atomic E-state index is 0.0455. The summed E-state index contributed by atoms with van der Waals surface area (Å²) < 4.78 is 27.3. The molecule has 0 nitrogen and oxygen atoms in total. The van der Waals surface area contributed by atoms with Crippen LogP contribution in [0.1, 0.15) is 16.0 Å². The Morgan fingerprint density at radius 1 is 0.944 bits per heavy atom. The number of rotatable bonds is 2. The van der Waals surface area contributed by atoms with Crippen LogP contribution < -0.4 is 0 Å². The van der Waals surface area contributed by atoms with E-state index in [-0.39, 0.29) is 5.56 Å². The number of benzene rings is 2. The molecular weight excluding hydrogens is 345 g/mol. The molecule has 2 rings (SSSR count). The van der Waals surface area contributed by atoms with E-state index in [1.165, 1.54) is 18.2 Å². The van der Waals surface area contributed by atoms with Crippen molar-refractivity contribution in [2.24, 2.45) is 0 Å². The van der Waals surface area contributed by atoms with E-state index < -0.39 is 16.5 Å². The second kappa shape index (κ2) is 5.55. The lowest BCUT2D eigenvalue weighted by Crippen LogP contribution is -2.00. The van der Waals surface area contributed by atoms with Crippen molar-refractivity contribution >= 4 is 39.1 Å². The summed E-state index contributed by atoms with van der Waals surface area (Å²) in [5, 5.41) is 0.740. The Morgan fingerprint density at radius 3 is 2.11 bits per heavy atom. The first kappa shape index (κ1) is 13.8. The maximum absolute atomic E-state index is 13.6. The smallest absolute Gasteiger partial charge is 0.130 e. The maximum Gasteiger partial charge on any atom is 0.130 e. The van der Waals surface area contributed by atoms with Crippen LogP contribution in [0.4, 0.5) is 8.78 Å². The topological polar surface area (TPSA) is 0 Å². The van der Waals surface area contributed by atoms with Gasteiger partial charge in [-0.1, -0.05) is 51.3 Å². The normalized spacial score (nSPS) is 12.5. The van der Waals surface area contributed by atoms with E-state index >= 15 is 0 Å². The van der Waals surface area contributed by atoms with Crippen molar-refractivity contribution in [1.29, 1.82) is 0 Å². The molecule has 0 aromatic heterocycles. The SMILES string of the molecule is Fc1cccc(F)c1C(Br)c1ccc(Cl)c(Cl)c1. The molecule has 0 aliphatic carbocycles. The van der Waals surface area contributed by atoms with Crippen molar-refractivity contribution < 1.29 is 8.78 Å². The minimum Gasteiger partial charge on any atom is -0.207 e. The quantitative estimate of drug-likeness (QED) is 0.604. The Hall–Kier alpha value is -0.640. The van der Waals surface area contributed by atoms with Gasteiger partial charge in [-0.15, -0.1) is 0 Å². The zero-order chi connectivity index (χ0) is 13.3. The number of hydrogen-bond acceptors (Lipinski definition) is 0. The van der Waals surface area contributed by atoms with Gasteiger partial charge in [-0.3, -0.25) is 0 Å². The van der Waals surface area contributed by atoms with Crippen LogP contribution >= 0.6 is 39.1 Å². The van der Waals surface area contributed by atoms with Crippen molar-refractivity contribution in [1.82, 2.24) is 0 Å². The highest BCUT2D eigenvalue weighted by atomic mass is 79.9. The summed E-state index contributed by atoms with van der Waals surface area (Å²) in [5.74, 6) is -1.22. The molecule has 5 heteroatoms. The molecule has 18 heavy (non-hydrogen) atoms. The zero-order valence-corrected chi connectivity index (χ0v) is 12.0. The molecule has 0 fully saturated rings. The third kappa shape index (κ3) is 2.68. The van der Waals surface area contributed by atoms with Gasteiger partial charge in [-0.25, -0.2) is 8.78 Å². The van der Waals surface area contributed by atoms with Crippen LogP contribution in [0.5, 0.6) is 0 Å². The van der Waals surface area contributed by atoms with Gasteiger partial charge < -0.3 is 0 Å². The first-order valence-corrected chi connectivity index (χ1v) is 6.71. The van der Waals surface area contributed by atoms with Crippen LogP contribution in [0.15, 0.2) is 36.4 Å². The first-order valence-electron chi connectivity index (χ1n) is 5.03. The van der Waals surface area contributed by atoms with E-state index in [2.05, 4.69) is 15.9 Å². The summed E-state index contributed by atoms with van der Waals surface area (Å²) in [7, 11) is 0. The molecule has 1 atom stereocenters. The summed E-state index contributed by atoms with van der Waals surface area (Å²) in [6.07, 6.45) is 0. The molecule has 2 aromatic carbocycles. The van der Waals surface area contributed by atoms with Crippen molar-refractivity contribution in [2.75, 3.05) is 0 Å². The fourth-order valence-corrected chi connectivity index (χ4v) is 2.62. The number of halogens is 5. The molecule has 94 valence electrons. The molecule has 0 spiro atoms. The molecule has 0 aliphatic heterocycles. The molecule has 0 aliphatic rings. The molecule has 0 bridgehead atoms. The van der Waals surface area contributed by atoms with Gasteiger partial charge in [-0.05, 0) is 29.8 Å². The first-order chi connectivity index (χ1) is 8.50. The van der Waals surface area contributed by atoms with Crippen molar-refractivity contribution in [2.45, 2.75) is 4.83 Å². The van der Waals surface area contributed by atoms with Crippen LogP contribution in [-0.4, -0.2) is 0 Å². The highest BCUT2D eigenvalue weighted by Gasteiger charge is 2.19. The lowest BCUT2D eigenvalue weighted by Gasteiger charge is -2.13. The van der Waals surface area contributed by atoms with Gasteiger partial charge in [-0.2, -0.15) is 0 Å². The van der Waals surface area contributed by atoms with Crippen molar-refractivity contribution in [3.05, 3.63) is 69.2 Å². The summed E-state index contributed by atoms with van der Waals surface area (Å²) >= 11 is 15.0. The van der Waals surface area contributed by atoms with Gasteiger partial charge in [0.2, 0.25) is 0 Å². The Bertz CT molecular complexity index is 567. The fraction of sp³-hybridized carbons (Fsp3) is 0.0769. The fourth-order valence-electron chi connectivity index (χ4n) is 1.59. The van der Waals surface area contributed by atoms with Gasteiger partial charge in [0.05, 0.1) is 14.9 Å². The maximum atomic E-state index is 13.6. The van der Waals surface area contributed by atoms with E-state index in [0.29, 0.717) is 15.6 Å². The molecule has 0 N–H and O–H groups in total. The minimum atomic E-state index is -0.617. The van der Waals surface area contributed by atoms with Crippen LogP contribution in [0, 0.1) is 11.6 Å². The monoisotopic (exact) mass is 350 g/mol. The van der Waals surface area contributed by atoms with Gasteiger partial charge in [0, 0.05) is 5.56 Å². The van der Waals surface area contributed by atoms with Gasteiger partial charge in [0.25, 0.3) is 0 Å². The summed E-state index contributed by atoms with van der Waals surface area (Å²) in [5.41, 5.74) is 0.587. The molecule has 0 amide bonds. The molecule has 0 saturated heterocycles. The van der Waals surface area contributed by atoms with E-state index in [0.717, 1.165) is 0 Å². The Labute approximate surface area is 122 Å². The third-order valence-electron chi connectivity index (χ3n) is 2.49. The Balaban J connectivity index is 2.48. The van der Waals surface area contributed by atoms with Crippen molar-refractivity contribution in [3.63, 3.8) is 0 Å². The number of alkyl halides is 1. The van der Waals surface area contributed by atoms with E-state index in [1.54, 1.807) is 18.2 Å². The van der Waals surface area contributed by atoms with Gasteiger partial charge in [0.15, 0.2) is 0 Å². The average Bonchev–Trinajstić information content (AvgIpc) is 2.32. The summed E-state index contributed by atoms with van der Waals surface area (Å²) in [6, 6.07) is 8.58. The lowest BCUT2D eigenvalue weighted by atomic mass is 10.0. The zero-order valence-electron chi connectivity index (χ0n) is 8.93. The Kier molecular flexibility index (Phi) is 4.25. The average molecular weight is 352 g/mol. The van der Waals surface area contributed by atoms with Crippen LogP contribution in [-0.2, 0) is 0 Å². The van der Waals surface area contributed by atoms with Crippen molar-refractivity contribution in [3.8, 4) is 0 Å². The molecule has 1 unspecified atom stereocenters. The molecule has 0 radical (unpaired) electrons. The second-order valence-electron chi connectivity index (χ2n) is 3.67.